The Labute approximate surface area is 240 Å². The number of hydrogen-bond donors (Lipinski definition) is 1. The van der Waals surface area contributed by atoms with Crippen molar-refractivity contribution < 1.29 is 23.5 Å². The van der Waals surface area contributed by atoms with Gasteiger partial charge in [-0.2, -0.15) is 0 Å². The molecule has 0 heterocycles. The minimum absolute atomic E-state index is 0.163. The van der Waals surface area contributed by atoms with Crippen LogP contribution in [0.15, 0.2) is 103 Å². The van der Waals surface area contributed by atoms with E-state index in [1.807, 2.05) is 78.9 Å². The predicted octanol–water partition coefficient (Wildman–Crippen LogP) is 5.90. The van der Waals surface area contributed by atoms with Gasteiger partial charge < -0.3 is 19.7 Å². The van der Waals surface area contributed by atoms with Gasteiger partial charge in [0.2, 0.25) is 11.8 Å². The highest BCUT2D eigenvalue weighted by atomic mass is 19.1. The van der Waals surface area contributed by atoms with Gasteiger partial charge in [-0.05, 0) is 59.4 Å². The van der Waals surface area contributed by atoms with Crippen molar-refractivity contribution >= 4 is 11.8 Å². The molecule has 212 valence electrons. The third-order valence-corrected chi connectivity index (χ3v) is 6.89. The molecule has 4 rings (SSSR count). The van der Waals surface area contributed by atoms with Crippen LogP contribution in [-0.4, -0.2) is 37.5 Å². The summed E-state index contributed by atoms with van der Waals surface area (Å²) in [5.74, 6) is 0.444. The van der Waals surface area contributed by atoms with Crippen LogP contribution >= 0.6 is 0 Å². The molecule has 0 saturated carbocycles. The molecule has 1 N–H and O–H groups in total. The number of carbonyl (C=O) groups is 2. The first-order valence-electron chi connectivity index (χ1n) is 13.6. The first-order chi connectivity index (χ1) is 20.0. The number of nitrogens with zero attached hydrogens (tertiary/aromatic N) is 1. The topological polar surface area (TPSA) is 67.9 Å². The Morgan fingerprint density at radius 1 is 0.756 bits per heavy atom. The molecule has 0 aliphatic heterocycles. The fourth-order valence-electron chi connectivity index (χ4n) is 4.72. The zero-order valence-electron chi connectivity index (χ0n) is 23.4. The Kier molecular flexibility index (Phi) is 10.5. The Morgan fingerprint density at radius 3 is 2.05 bits per heavy atom. The van der Waals surface area contributed by atoms with Crippen molar-refractivity contribution in [3.63, 3.8) is 0 Å². The molecule has 4 aromatic carbocycles. The fourth-order valence-corrected chi connectivity index (χ4v) is 4.72. The first-order valence-corrected chi connectivity index (χ1v) is 13.6. The third-order valence-electron chi connectivity index (χ3n) is 6.89. The quantitative estimate of drug-likeness (QED) is 0.223. The van der Waals surface area contributed by atoms with Gasteiger partial charge in [0.25, 0.3) is 0 Å². The average Bonchev–Trinajstić information content (AvgIpc) is 3.01. The Morgan fingerprint density at radius 2 is 1.39 bits per heavy atom. The van der Waals surface area contributed by atoms with Gasteiger partial charge in [0.15, 0.2) is 11.5 Å². The lowest BCUT2D eigenvalue weighted by Crippen LogP contribution is -2.44. The Balaban J connectivity index is 1.56. The summed E-state index contributed by atoms with van der Waals surface area (Å²) < 4.78 is 24.4. The maximum atomic E-state index is 13.8. The summed E-state index contributed by atoms with van der Waals surface area (Å²) in [6.07, 6.45) is 1.34. The van der Waals surface area contributed by atoms with E-state index in [2.05, 4.69) is 5.32 Å². The van der Waals surface area contributed by atoms with E-state index in [1.165, 1.54) is 12.1 Å². The van der Waals surface area contributed by atoms with Gasteiger partial charge >= 0.3 is 0 Å². The van der Waals surface area contributed by atoms with Crippen LogP contribution in [-0.2, 0) is 29.0 Å². The maximum absolute atomic E-state index is 13.8. The minimum atomic E-state index is -0.866. The lowest BCUT2D eigenvalue weighted by molar-refractivity contribution is -0.141. The molecular formula is C34H35FN2O4. The van der Waals surface area contributed by atoms with E-state index < -0.39 is 6.04 Å². The Hall–Kier alpha value is -4.65. The number of halogens is 1. The van der Waals surface area contributed by atoms with Gasteiger partial charge in [-0.25, -0.2) is 4.39 Å². The molecule has 0 saturated heterocycles. The normalized spacial score (nSPS) is 11.4. The molecule has 41 heavy (non-hydrogen) atoms. The molecule has 0 fully saturated rings. The summed E-state index contributed by atoms with van der Waals surface area (Å²) in [4.78, 5) is 29.2. The second-order valence-electron chi connectivity index (χ2n) is 9.68. The summed E-state index contributed by atoms with van der Waals surface area (Å²) in [5.41, 5.74) is 3.45. The number of nitrogens with one attached hydrogen (secondary N) is 1. The molecule has 0 aliphatic carbocycles. The van der Waals surface area contributed by atoms with Crippen molar-refractivity contribution in [2.45, 2.75) is 31.8 Å². The molecule has 6 nitrogen and oxygen atoms in total. The number of carbonyl (C=O) groups excluding carboxylic acids is 2. The van der Waals surface area contributed by atoms with Crippen molar-refractivity contribution in [3.05, 3.63) is 131 Å². The van der Waals surface area contributed by atoms with E-state index in [0.29, 0.717) is 36.4 Å². The SMILES string of the molecule is COc1ccc(CCNC(=O)C(c2ccccc2)N(Cc2ccc(F)cc2)C(=O)CCc2ccccc2)cc1OC. The number of rotatable bonds is 13. The lowest BCUT2D eigenvalue weighted by atomic mass is 10.0. The van der Waals surface area contributed by atoms with Gasteiger partial charge in [-0.3, -0.25) is 9.59 Å². The summed E-state index contributed by atoms with van der Waals surface area (Å²) in [5, 5.41) is 3.03. The van der Waals surface area contributed by atoms with Gasteiger partial charge in [-0.15, -0.1) is 0 Å². The van der Waals surface area contributed by atoms with E-state index in [4.69, 9.17) is 9.47 Å². The van der Waals surface area contributed by atoms with Crippen LogP contribution in [0.5, 0.6) is 11.5 Å². The number of benzene rings is 4. The second-order valence-corrected chi connectivity index (χ2v) is 9.68. The highest BCUT2D eigenvalue weighted by molar-refractivity contribution is 5.88. The van der Waals surface area contributed by atoms with Crippen LogP contribution in [0.4, 0.5) is 4.39 Å². The van der Waals surface area contributed by atoms with Crippen LogP contribution in [0.3, 0.4) is 0 Å². The minimum Gasteiger partial charge on any atom is -0.493 e. The largest absolute Gasteiger partial charge is 0.493 e. The lowest BCUT2D eigenvalue weighted by Gasteiger charge is -2.32. The Bertz CT molecular complexity index is 1410. The van der Waals surface area contributed by atoms with E-state index in [0.717, 1.165) is 16.7 Å². The summed E-state index contributed by atoms with van der Waals surface area (Å²) in [6.45, 7) is 0.525. The van der Waals surface area contributed by atoms with Crippen molar-refractivity contribution in [3.8, 4) is 11.5 Å². The van der Waals surface area contributed by atoms with Crippen molar-refractivity contribution in [1.82, 2.24) is 10.2 Å². The first kappa shape index (κ1) is 29.3. The number of amides is 2. The zero-order chi connectivity index (χ0) is 29.0. The highest BCUT2D eigenvalue weighted by Crippen LogP contribution is 2.28. The van der Waals surface area contributed by atoms with E-state index in [1.54, 1.807) is 31.3 Å². The van der Waals surface area contributed by atoms with Crippen LogP contribution in [0.1, 0.15) is 34.7 Å². The van der Waals surface area contributed by atoms with Gasteiger partial charge in [0.1, 0.15) is 11.9 Å². The predicted molar refractivity (Wildman–Crippen MR) is 157 cm³/mol. The van der Waals surface area contributed by atoms with Crippen LogP contribution in [0, 0.1) is 5.82 Å². The second kappa shape index (κ2) is 14.7. The van der Waals surface area contributed by atoms with Crippen LogP contribution < -0.4 is 14.8 Å². The number of methoxy groups -OCH3 is 2. The molecule has 0 radical (unpaired) electrons. The van der Waals surface area contributed by atoms with Gasteiger partial charge in [-0.1, -0.05) is 78.9 Å². The summed E-state index contributed by atoms with van der Waals surface area (Å²) >= 11 is 0. The number of ether oxygens (including phenoxy) is 2. The van der Waals surface area contributed by atoms with Crippen molar-refractivity contribution in [2.75, 3.05) is 20.8 Å². The van der Waals surface area contributed by atoms with Crippen molar-refractivity contribution in [1.29, 1.82) is 0 Å². The molecule has 7 heteroatoms. The molecule has 4 aromatic rings. The monoisotopic (exact) mass is 554 g/mol. The van der Waals surface area contributed by atoms with E-state index in [9.17, 15) is 14.0 Å². The third kappa shape index (κ3) is 8.18. The molecule has 1 atom stereocenters. The standard InChI is InChI=1S/C34H35FN2O4/c1-40-30-19-15-26(23-31(30)41-2)21-22-36-34(39)33(28-11-7-4-8-12-28)37(24-27-13-17-29(35)18-14-27)32(38)20-16-25-9-5-3-6-10-25/h3-15,17-19,23,33H,16,20-22,24H2,1-2H3,(H,36,39). The van der Waals surface area contributed by atoms with Gasteiger partial charge in [0.05, 0.1) is 14.2 Å². The zero-order valence-corrected chi connectivity index (χ0v) is 23.4. The molecule has 0 bridgehead atoms. The molecule has 0 aliphatic rings. The molecule has 0 aromatic heterocycles. The van der Waals surface area contributed by atoms with Crippen molar-refractivity contribution in [2.24, 2.45) is 0 Å². The highest BCUT2D eigenvalue weighted by Gasteiger charge is 2.31. The molecule has 1 unspecified atom stereocenters. The summed E-state index contributed by atoms with van der Waals surface area (Å²) in [6, 6.07) is 29.8. The van der Waals surface area contributed by atoms with Gasteiger partial charge in [0, 0.05) is 19.5 Å². The van der Waals surface area contributed by atoms with Crippen LogP contribution in [0.25, 0.3) is 0 Å². The summed E-state index contributed by atoms with van der Waals surface area (Å²) in [7, 11) is 3.17. The average molecular weight is 555 g/mol. The van der Waals surface area contributed by atoms with E-state index >= 15 is 0 Å². The molecule has 2 amide bonds. The van der Waals surface area contributed by atoms with E-state index in [-0.39, 0.29) is 30.6 Å². The molecular weight excluding hydrogens is 519 g/mol. The molecule has 0 spiro atoms. The maximum Gasteiger partial charge on any atom is 0.247 e. The smallest absolute Gasteiger partial charge is 0.247 e. The number of aryl methyl sites for hydroxylation is 1. The fraction of sp³-hybridized carbons (Fsp3) is 0.235. The number of hydrogen-bond acceptors (Lipinski definition) is 4. The van der Waals surface area contributed by atoms with Crippen LogP contribution in [0.2, 0.25) is 0 Å².